The first-order valence-corrected chi connectivity index (χ1v) is 10.7. The summed E-state index contributed by atoms with van der Waals surface area (Å²) in [6.45, 7) is 1.13. The van der Waals surface area contributed by atoms with Crippen LogP contribution in [-0.2, 0) is 10.4 Å². The predicted octanol–water partition coefficient (Wildman–Crippen LogP) is 3.95. The Labute approximate surface area is 164 Å². The number of aromatic nitrogens is 1. The summed E-state index contributed by atoms with van der Waals surface area (Å²) in [4.78, 5) is 15.0. The van der Waals surface area contributed by atoms with E-state index in [4.69, 9.17) is 11.6 Å². The maximum absolute atomic E-state index is 13.1. The molecule has 140 valence electrons. The van der Waals surface area contributed by atoms with Gasteiger partial charge in [-0.25, -0.2) is 0 Å². The molecule has 4 nitrogen and oxygen atoms in total. The summed E-state index contributed by atoms with van der Waals surface area (Å²) in [5, 5.41) is 11.7. The highest BCUT2D eigenvalue weighted by Crippen LogP contribution is 2.34. The van der Waals surface area contributed by atoms with E-state index in [0.717, 1.165) is 17.7 Å². The van der Waals surface area contributed by atoms with Crippen molar-refractivity contribution in [3.05, 3.63) is 59.4 Å². The lowest BCUT2D eigenvalue weighted by Crippen LogP contribution is -2.47. The number of carbonyl (C=O) groups is 1. The Balaban J connectivity index is 1.67. The molecule has 1 aromatic carbocycles. The molecule has 1 fully saturated rings. The lowest BCUT2D eigenvalue weighted by Gasteiger charge is -2.40. The fourth-order valence-electron chi connectivity index (χ4n) is 3.54. The Kier molecular flexibility index (Phi) is 6.33. The van der Waals surface area contributed by atoms with Crippen LogP contribution in [0.5, 0.6) is 0 Å². The molecule has 0 unspecified atom stereocenters. The summed E-state index contributed by atoms with van der Waals surface area (Å²) >= 11 is 7.70. The third-order valence-corrected chi connectivity index (χ3v) is 6.05. The lowest BCUT2D eigenvalue weighted by atomic mass is 9.84. The first kappa shape index (κ1) is 19.3. The normalized spacial score (nSPS) is 17.9. The summed E-state index contributed by atoms with van der Waals surface area (Å²) in [7, 11) is 0. The molecule has 26 heavy (non-hydrogen) atoms. The van der Waals surface area contributed by atoms with Gasteiger partial charge in [-0.05, 0) is 61.1 Å². The second-order valence-corrected chi connectivity index (χ2v) is 8.21. The van der Waals surface area contributed by atoms with E-state index < -0.39 is 5.60 Å². The van der Waals surface area contributed by atoms with Crippen molar-refractivity contribution in [1.29, 1.82) is 0 Å². The molecule has 6 heteroatoms. The van der Waals surface area contributed by atoms with Crippen LogP contribution in [0.4, 0.5) is 0 Å². The van der Waals surface area contributed by atoms with E-state index in [-0.39, 0.29) is 11.9 Å². The van der Waals surface area contributed by atoms with Gasteiger partial charge in [-0.3, -0.25) is 4.79 Å². The summed E-state index contributed by atoms with van der Waals surface area (Å²) in [5.41, 5.74) is -0.0119. The standard InChI is InChI=1S/C20H25ClN2O2S/c1-26-15-8-18(22-11-2-3-12-22)19(24)23-13-9-20(25,10-14-23)16-4-6-17(21)7-5-16/h2-7,11-12,18,25H,8-10,13-15H2,1H3/t18-/m0/s1. The van der Waals surface area contributed by atoms with Crippen LogP contribution in [0.25, 0.3) is 0 Å². The zero-order chi connectivity index (χ0) is 18.6. The van der Waals surface area contributed by atoms with Gasteiger partial charge in [-0.2, -0.15) is 11.8 Å². The maximum atomic E-state index is 13.1. The SMILES string of the molecule is CSCC[C@@H](C(=O)N1CCC(O)(c2ccc(Cl)cc2)CC1)n1cccc1. The maximum Gasteiger partial charge on any atom is 0.245 e. The number of hydrogen-bond acceptors (Lipinski definition) is 3. The Hall–Kier alpha value is -1.43. The number of hydrogen-bond donors (Lipinski definition) is 1. The smallest absolute Gasteiger partial charge is 0.245 e. The van der Waals surface area contributed by atoms with Gasteiger partial charge < -0.3 is 14.6 Å². The minimum atomic E-state index is -0.885. The molecule has 0 spiro atoms. The van der Waals surface area contributed by atoms with Crippen LogP contribution >= 0.6 is 23.4 Å². The molecule has 0 bridgehead atoms. The fraction of sp³-hybridized carbons (Fsp3) is 0.450. The lowest BCUT2D eigenvalue weighted by molar-refractivity contribution is -0.139. The second kappa shape index (κ2) is 8.51. The highest BCUT2D eigenvalue weighted by atomic mass is 35.5. The van der Waals surface area contributed by atoms with Crippen LogP contribution < -0.4 is 0 Å². The quantitative estimate of drug-likeness (QED) is 0.809. The van der Waals surface area contributed by atoms with Gasteiger partial charge in [0.25, 0.3) is 0 Å². The van der Waals surface area contributed by atoms with Crippen LogP contribution in [0.1, 0.15) is 30.9 Å². The van der Waals surface area contributed by atoms with Crippen molar-refractivity contribution < 1.29 is 9.90 Å². The first-order chi connectivity index (χ1) is 12.5. The summed E-state index contributed by atoms with van der Waals surface area (Å²) < 4.78 is 2.00. The van der Waals surface area contributed by atoms with Crippen molar-refractivity contribution in [2.75, 3.05) is 25.1 Å². The Morgan fingerprint density at radius 1 is 1.23 bits per heavy atom. The van der Waals surface area contributed by atoms with Gasteiger partial charge >= 0.3 is 0 Å². The van der Waals surface area contributed by atoms with E-state index in [1.54, 1.807) is 23.9 Å². The number of carbonyl (C=O) groups excluding carboxylic acids is 1. The minimum absolute atomic E-state index is 0.147. The minimum Gasteiger partial charge on any atom is -0.385 e. The van der Waals surface area contributed by atoms with Crippen molar-refractivity contribution in [2.24, 2.45) is 0 Å². The van der Waals surface area contributed by atoms with Gasteiger partial charge in [0.2, 0.25) is 5.91 Å². The molecule has 0 saturated carbocycles. The molecular weight excluding hydrogens is 368 g/mol. The molecule has 1 N–H and O–H groups in total. The van der Waals surface area contributed by atoms with Crippen molar-refractivity contribution in [1.82, 2.24) is 9.47 Å². The highest BCUT2D eigenvalue weighted by molar-refractivity contribution is 7.98. The van der Waals surface area contributed by atoms with Crippen molar-refractivity contribution in [2.45, 2.75) is 30.9 Å². The molecule has 1 aliphatic rings. The van der Waals surface area contributed by atoms with Gasteiger partial charge in [0.05, 0.1) is 5.60 Å². The van der Waals surface area contributed by atoms with E-state index >= 15 is 0 Å². The van der Waals surface area contributed by atoms with Gasteiger partial charge in [-0.15, -0.1) is 0 Å². The van der Waals surface area contributed by atoms with Crippen molar-refractivity contribution in [3.63, 3.8) is 0 Å². The number of aliphatic hydroxyl groups is 1. The Morgan fingerprint density at radius 3 is 2.42 bits per heavy atom. The van der Waals surface area contributed by atoms with Crippen molar-refractivity contribution >= 4 is 29.3 Å². The average molecular weight is 393 g/mol. The molecule has 1 aliphatic heterocycles. The number of thioether (sulfide) groups is 1. The topological polar surface area (TPSA) is 45.5 Å². The van der Waals surface area contributed by atoms with Crippen molar-refractivity contribution in [3.8, 4) is 0 Å². The number of benzene rings is 1. The van der Waals surface area contributed by atoms with Crippen LogP contribution in [0.2, 0.25) is 5.02 Å². The number of likely N-dealkylation sites (tertiary alicyclic amines) is 1. The second-order valence-electron chi connectivity index (χ2n) is 6.79. The number of piperidine rings is 1. The molecule has 2 aromatic rings. The molecule has 1 amide bonds. The zero-order valence-corrected chi connectivity index (χ0v) is 16.5. The Bertz CT molecular complexity index is 710. The molecule has 2 heterocycles. The summed E-state index contributed by atoms with van der Waals surface area (Å²) in [6.07, 6.45) is 7.87. The van der Waals surface area contributed by atoms with Crippen LogP contribution in [-0.4, -0.2) is 45.6 Å². The van der Waals surface area contributed by atoms with Gasteiger partial charge in [0.15, 0.2) is 0 Å². The molecule has 1 saturated heterocycles. The average Bonchev–Trinajstić information content (AvgIpc) is 3.17. The summed E-state index contributed by atoms with van der Waals surface area (Å²) in [6, 6.07) is 11.1. The van der Waals surface area contributed by atoms with E-state index in [9.17, 15) is 9.90 Å². The number of rotatable bonds is 6. The number of amides is 1. The Morgan fingerprint density at radius 2 is 1.85 bits per heavy atom. The van der Waals surface area contributed by atoms with E-state index in [1.807, 2.05) is 46.1 Å². The van der Waals surface area contributed by atoms with Gasteiger partial charge in [0, 0.05) is 30.5 Å². The van der Waals surface area contributed by atoms with E-state index in [0.29, 0.717) is 31.0 Å². The van der Waals surface area contributed by atoms with Crippen LogP contribution in [0.15, 0.2) is 48.8 Å². The molecule has 1 atom stereocenters. The summed E-state index contributed by atoms with van der Waals surface area (Å²) in [5.74, 6) is 1.09. The third-order valence-electron chi connectivity index (χ3n) is 5.15. The van der Waals surface area contributed by atoms with E-state index in [1.165, 1.54) is 0 Å². The highest BCUT2D eigenvalue weighted by Gasteiger charge is 2.37. The first-order valence-electron chi connectivity index (χ1n) is 8.92. The van der Waals surface area contributed by atoms with Crippen LogP contribution in [0, 0.1) is 0 Å². The monoisotopic (exact) mass is 392 g/mol. The van der Waals surface area contributed by atoms with E-state index in [2.05, 4.69) is 6.26 Å². The van der Waals surface area contributed by atoms with Gasteiger partial charge in [-0.1, -0.05) is 23.7 Å². The molecule has 0 aliphatic carbocycles. The number of nitrogens with zero attached hydrogens (tertiary/aromatic N) is 2. The molecule has 1 aromatic heterocycles. The molecule has 0 radical (unpaired) electrons. The molecule has 3 rings (SSSR count). The van der Waals surface area contributed by atoms with Crippen LogP contribution in [0.3, 0.4) is 0 Å². The third kappa shape index (κ3) is 4.27. The largest absolute Gasteiger partial charge is 0.385 e. The zero-order valence-electron chi connectivity index (χ0n) is 15.0. The predicted molar refractivity (Wildman–Crippen MR) is 108 cm³/mol. The van der Waals surface area contributed by atoms with Gasteiger partial charge in [0.1, 0.15) is 6.04 Å². The molecular formula is C20H25ClN2O2S. The fourth-order valence-corrected chi connectivity index (χ4v) is 4.13. The number of halogens is 1.